The Morgan fingerprint density at radius 3 is 2.70 bits per heavy atom. The zero-order chi connectivity index (χ0) is 19.6. The van der Waals surface area contributed by atoms with Crippen LogP contribution >= 0.6 is 0 Å². The average molecular weight is 388 g/mol. The summed E-state index contributed by atoms with van der Waals surface area (Å²) in [5, 5.41) is 0. The van der Waals surface area contributed by atoms with E-state index in [1.165, 1.54) is 25.3 Å². The van der Waals surface area contributed by atoms with Crippen LogP contribution in [0.15, 0.2) is 59.5 Å². The summed E-state index contributed by atoms with van der Waals surface area (Å²) in [5.41, 5.74) is 0.483. The molecule has 7 heteroatoms. The van der Waals surface area contributed by atoms with Crippen LogP contribution in [0, 0.1) is 5.82 Å². The Kier molecular flexibility index (Phi) is 5.14. The van der Waals surface area contributed by atoms with Gasteiger partial charge in [-0.1, -0.05) is 24.8 Å². The van der Waals surface area contributed by atoms with Gasteiger partial charge in [0, 0.05) is 11.1 Å². The third-order valence-corrected chi connectivity index (χ3v) is 5.77. The van der Waals surface area contributed by atoms with Gasteiger partial charge < -0.3 is 9.47 Å². The fraction of sp³-hybridized carbons (Fsp3) is 0.150. The van der Waals surface area contributed by atoms with E-state index >= 15 is 0 Å². The predicted octanol–water partition coefficient (Wildman–Crippen LogP) is 3.45. The molecule has 2 aromatic rings. The van der Waals surface area contributed by atoms with E-state index in [1.807, 2.05) is 0 Å². The van der Waals surface area contributed by atoms with Crippen LogP contribution in [0.4, 0.5) is 4.39 Å². The number of carbonyl (C=O) groups is 1. The molecule has 0 spiro atoms. The quantitative estimate of drug-likeness (QED) is 0.580. The molecule has 0 atom stereocenters. The molecule has 1 heterocycles. The van der Waals surface area contributed by atoms with Gasteiger partial charge in [0.25, 0.3) is 0 Å². The monoisotopic (exact) mass is 388 g/mol. The van der Waals surface area contributed by atoms with Gasteiger partial charge in [-0.15, -0.1) is 0 Å². The molecular weight excluding hydrogens is 371 g/mol. The van der Waals surface area contributed by atoms with Crippen molar-refractivity contribution in [2.75, 3.05) is 19.5 Å². The third-order valence-electron chi connectivity index (χ3n) is 4.05. The fourth-order valence-corrected chi connectivity index (χ4v) is 4.50. The number of halogens is 1. The number of Topliss-reactive ketones (excluding diaryl/α,β-unsaturated/α-hetero) is 1. The minimum Gasteiger partial charge on any atom is -0.493 e. The number of hydrogen-bond acceptors (Lipinski definition) is 5. The normalized spacial score (nSPS) is 16.7. The molecule has 0 aliphatic carbocycles. The van der Waals surface area contributed by atoms with Crippen LogP contribution in [0.25, 0.3) is 6.08 Å². The second-order valence-corrected chi connectivity index (χ2v) is 7.81. The number of ketones is 1. The van der Waals surface area contributed by atoms with Crippen molar-refractivity contribution in [3.05, 3.63) is 71.6 Å². The highest BCUT2D eigenvalue weighted by atomic mass is 32.2. The number of fused-ring (bicyclic) bond motifs is 1. The predicted molar refractivity (Wildman–Crippen MR) is 99.4 cm³/mol. The largest absolute Gasteiger partial charge is 0.493 e. The molecule has 0 saturated heterocycles. The number of benzene rings is 2. The summed E-state index contributed by atoms with van der Waals surface area (Å²) in [6.45, 7) is 3.88. The van der Waals surface area contributed by atoms with Crippen molar-refractivity contribution in [1.29, 1.82) is 0 Å². The third kappa shape index (κ3) is 3.64. The smallest absolute Gasteiger partial charge is 0.191 e. The molecule has 0 unspecified atom stereocenters. The average Bonchev–Trinajstić information content (AvgIpc) is 2.64. The maximum atomic E-state index is 14.0. The first-order valence-corrected chi connectivity index (χ1v) is 9.71. The Bertz CT molecular complexity index is 1050. The van der Waals surface area contributed by atoms with E-state index in [4.69, 9.17) is 9.47 Å². The molecule has 0 fully saturated rings. The number of rotatable bonds is 5. The highest BCUT2D eigenvalue weighted by molar-refractivity contribution is 7.92. The molecule has 0 radical (unpaired) electrons. The molecule has 0 bridgehead atoms. The van der Waals surface area contributed by atoms with Crippen LogP contribution in [0.2, 0.25) is 0 Å². The van der Waals surface area contributed by atoms with E-state index in [2.05, 4.69) is 6.58 Å². The lowest BCUT2D eigenvalue weighted by Crippen LogP contribution is -2.25. The van der Waals surface area contributed by atoms with Crippen molar-refractivity contribution in [3.8, 4) is 11.5 Å². The first-order chi connectivity index (χ1) is 12.9. The molecule has 2 aromatic carbocycles. The maximum Gasteiger partial charge on any atom is 0.191 e. The summed E-state index contributed by atoms with van der Waals surface area (Å²) < 4.78 is 49.6. The van der Waals surface area contributed by atoms with Gasteiger partial charge in [0.05, 0.1) is 12.9 Å². The number of hydrogen-bond donors (Lipinski definition) is 0. The fourth-order valence-electron chi connectivity index (χ4n) is 2.87. The van der Waals surface area contributed by atoms with Gasteiger partial charge in [-0.2, -0.15) is 0 Å². The summed E-state index contributed by atoms with van der Waals surface area (Å²) in [7, 11) is -2.47. The van der Waals surface area contributed by atoms with E-state index in [0.29, 0.717) is 23.7 Å². The first-order valence-electron chi connectivity index (χ1n) is 8.05. The molecule has 5 nitrogen and oxygen atoms in total. The summed E-state index contributed by atoms with van der Waals surface area (Å²) in [5.74, 6) is -1.05. The van der Waals surface area contributed by atoms with Gasteiger partial charge >= 0.3 is 0 Å². The standard InChI is InChI=1S/C20H17FO5S/c1-3-9-26-17-8-7-13(11-18(17)25-2)10-14-12-27(23,24)20-15(19(14)22)5-4-6-16(20)21/h3-8,10-11H,1,9,12H2,2H3. The number of ether oxygens (including phenoxy) is 2. The number of carbonyl (C=O) groups excluding carboxylic acids is 1. The Labute approximate surface area is 156 Å². The Balaban J connectivity index is 2.03. The van der Waals surface area contributed by atoms with Crippen LogP contribution in [0.3, 0.4) is 0 Å². The van der Waals surface area contributed by atoms with Crippen molar-refractivity contribution in [2.45, 2.75) is 4.90 Å². The molecular formula is C20H17FO5S. The number of methoxy groups -OCH3 is 1. The highest BCUT2D eigenvalue weighted by Crippen LogP contribution is 2.33. The molecule has 1 aliphatic heterocycles. The summed E-state index contributed by atoms with van der Waals surface area (Å²) >= 11 is 0. The van der Waals surface area contributed by atoms with E-state index in [0.717, 1.165) is 6.07 Å². The van der Waals surface area contributed by atoms with Gasteiger partial charge in [-0.05, 0) is 35.9 Å². The van der Waals surface area contributed by atoms with E-state index in [1.54, 1.807) is 24.3 Å². The van der Waals surface area contributed by atoms with Gasteiger partial charge in [0.2, 0.25) is 0 Å². The molecule has 0 N–H and O–H groups in total. The lowest BCUT2D eigenvalue weighted by Gasteiger charge is -2.18. The van der Waals surface area contributed by atoms with Gasteiger partial charge in [0.15, 0.2) is 27.1 Å². The zero-order valence-corrected chi connectivity index (χ0v) is 15.4. The minimum atomic E-state index is -3.94. The van der Waals surface area contributed by atoms with Crippen molar-refractivity contribution >= 4 is 21.7 Å². The SMILES string of the molecule is C=CCOc1ccc(C=C2CS(=O)(=O)c3c(F)cccc3C2=O)cc1OC. The first kappa shape index (κ1) is 18.8. The lowest BCUT2D eigenvalue weighted by atomic mass is 10.0. The molecule has 0 saturated carbocycles. The second-order valence-electron chi connectivity index (χ2n) is 5.88. The van der Waals surface area contributed by atoms with Crippen LogP contribution in [-0.4, -0.2) is 33.7 Å². The molecule has 1 aliphatic rings. The molecule has 27 heavy (non-hydrogen) atoms. The topological polar surface area (TPSA) is 69.7 Å². The summed E-state index contributed by atoms with van der Waals surface area (Å²) in [6.07, 6.45) is 3.06. The molecule has 140 valence electrons. The molecule has 3 rings (SSSR count). The second kappa shape index (κ2) is 7.36. The van der Waals surface area contributed by atoms with E-state index in [-0.39, 0.29) is 11.1 Å². The highest BCUT2D eigenvalue weighted by Gasteiger charge is 2.35. The Morgan fingerprint density at radius 2 is 2.00 bits per heavy atom. The summed E-state index contributed by atoms with van der Waals surface area (Å²) in [4.78, 5) is 12.1. The van der Waals surface area contributed by atoms with E-state index < -0.39 is 32.1 Å². The summed E-state index contributed by atoms with van der Waals surface area (Å²) in [6, 6.07) is 8.63. The minimum absolute atomic E-state index is 0.0647. The van der Waals surface area contributed by atoms with Crippen molar-refractivity contribution in [3.63, 3.8) is 0 Å². The Morgan fingerprint density at radius 1 is 1.22 bits per heavy atom. The number of sulfone groups is 1. The van der Waals surface area contributed by atoms with Crippen LogP contribution < -0.4 is 9.47 Å². The van der Waals surface area contributed by atoms with Gasteiger partial charge in [0.1, 0.15) is 17.3 Å². The Hall–Kier alpha value is -2.93. The zero-order valence-electron chi connectivity index (χ0n) is 14.6. The van der Waals surface area contributed by atoms with Crippen molar-refractivity contribution in [1.82, 2.24) is 0 Å². The van der Waals surface area contributed by atoms with Gasteiger partial charge in [-0.3, -0.25) is 4.79 Å². The van der Waals surface area contributed by atoms with E-state index in [9.17, 15) is 17.6 Å². The van der Waals surface area contributed by atoms with Crippen molar-refractivity contribution in [2.24, 2.45) is 0 Å². The van der Waals surface area contributed by atoms with Crippen molar-refractivity contribution < 1.29 is 27.1 Å². The molecule has 0 amide bonds. The lowest BCUT2D eigenvalue weighted by molar-refractivity contribution is 0.103. The molecule has 0 aromatic heterocycles. The maximum absolute atomic E-state index is 14.0. The van der Waals surface area contributed by atoms with Crippen LogP contribution in [0.1, 0.15) is 15.9 Å². The van der Waals surface area contributed by atoms with Gasteiger partial charge in [-0.25, -0.2) is 12.8 Å². The van der Waals surface area contributed by atoms with Crippen LogP contribution in [-0.2, 0) is 9.84 Å². The van der Waals surface area contributed by atoms with Crippen LogP contribution in [0.5, 0.6) is 11.5 Å².